The van der Waals surface area contributed by atoms with Gasteiger partial charge in [-0.3, -0.25) is 4.98 Å². The minimum absolute atomic E-state index is 0.213. The second-order valence-corrected chi connectivity index (χ2v) is 4.52. The van der Waals surface area contributed by atoms with Crippen molar-refractivity contribution in [2.24, 2.45) is 0 Å². The molecule has 0 aliphatic heterocycles. The normalized spacial score (nSPS) is 10.4. The number of carboxylic acid groups (broad SMARTS) is 1. The van der Waals surface area contributed by atoms with Gasteiger partial charge in [0, 0.05) is 18.0 Å². The van der Waals surface area contributed by atoms with E-state index >= 15 is 0 Å². The largest absolute Gasteiger partial charge is 0.478 e. The second kappa shape index (κ2) is 4.61. The molecule has 18 heavy (non-hydrogen) atoms. The number of carbonyl (C=O) groups is 1. The van der Waals surface area contributed by atoms with Crippen LogP contribution in [-0.2, 0) is 0 Å². The fourth-order valence-electron chi connectivity index (χ4n) is 1.98. The number of carboxylic acids is 1. The zero-order valence-corrected chi connectivity index (χ0v) is 10.7. The van der Waals surface area contributed by atoms with E-state index in [1.165, 1.54) is 17.3 Å². The summed E-state index contributed by atoms with van der Waals surface area (Å²) < 4.78 is 0. The fraction of sp³-hybridized carbons (Fsp3) is 0.200. The van der Waals surface area contributed by atoms with Crippen molar-refractivity contribution in [2.45, 2.75) is 20.8 Å². The number of hydrogen-bond donors (Lipinski definition) is 1. The van der Waals surface area contributed by atoms with Crippen LogP contribution >= 0.6 is 0 Å². The molecular weight excluding hydrogens is 226 g/mol. The van der Waals surface area contributed by atoms with Crippen molar-refractivity contribution in [3.8, 4) is 11.1 Å². The molecule has 92 valence electrons. The highest BCUT2D eigenvalue weighted by Gasteiger charge is 2.08. The summed E-state index contributed by atoms with van der Waals surface area (Å²) in [5.74, 6) is -0.953. The van der Waals surface area contributed by atoms with Crippen LogP contribution in [0.25, 0.3) is 11.1 Å². The van der Waals surface area contributed by atoms with Crippen molar-refractivity contribution in [2.75, 3.05) is 0 Å². The van der Waals surface area contributed by atoms with Crippen molar-refractivity contribution in [1.82, 2.24) is 4.98 Å². The summed E-state index contributed by atoms with van der Waals surface area (Å²) in [5.41, 5.74) is 5.65. The van der Waals surface area contributed by atoms with Crippen LogP contribution in [0.15, 0.2) is 30.6 Å². The summed E-state index contributed by atoms with van der Waals surface area (Å²) in [4.78, 5) is 14.9. The SMILES string of the molecule is Cc1cc(C)c(-c2cncc(C(=O)O)c2)cc1C. The Morgan fingerprint density at radius 3 is 2.33 bits per heavy atom. The molecule has 3 nitrogen and oxygen atoms in total. The standard InChI is InChI=1S/C15H15NO2/c1-9-4-11(3)14(5-10(9)2)12-6-13(15(17)18)8-16-7-12/h4-8H,1-3H3,(H,17,18). The van der Waals surface area contributed by atoms with E-state index in [0.29, 0.717) is 0 Å². The maximum atomic E-state index is 11.0. The van der Waals surface area contributed by atoms with Gasteiger partial charge in [-0.15, -0.1) is 0 Å². The van der Waals surface area contributed by atoms with Crippen LogP contribution in [0.3, 0.4) is 0 Å². The van der Waals surface area contributed by atoms with Crippen LogP contribution < -0.4 is 0 Å². The molecule has 3 heteroatoms. The summed E-state index contributed by atoms with van der Waals surface area (Å²) in [7, 11) is 0. The van der Waals surface area contributed by atoms with E-state index < -0.39 is 5.97 Å². The lowest BCUT2D eigenvalue weighted by Crippen LogP contribution is -1.98. The Hall–Kier alpha value is -2.16. The van der Waals surface area contributed by atoms with E-state index in [9.17, 15) is 4.79 Å². The van der Waals surface area contributed by atoms with Gasteiger partial charge in [-0.05, 0) is 49.1 Å². The minimum Gasteiger partial charge on any atom is -0.478 e. The van der Waals surface area contributed by atoms with Crippen LogP contribution in [0.5, 0.6) is 0 Å². The first-order chi connectivity index (χ1) is 8.49. The molecule has 0 aliphatic carbocycles. The highest BCUT2D eigenvalue weighted by atomic mass is 16.4. The van der Waals surface area contributed by atoms with E-state index in [-0.39, 0.29) is 5.56 Å². The Balaban J connectivity index is 2.58. The van der Waals surface area contributed by atoms with Crippen LogP contribution in [0, 0.1) is 20.8 Å². The van der Waals surface area contributed by atoms with Crippen molar-refractivity contribution in [3.05, 3.63) is 52.8 Å². The van der Waals surface area contributed by atoms with Gasteiger partial charge in [-0.1, -0.05) is 12.1 Å². The molecule has 0 atom stereocenters. The molecule has 1 aromatic carbocycles. The molecule has 0 spiro atoms. The number of nitrogens with zero attached hydrogens (tertiary/aromatic N) is 1. The van der Waals surface area contributed by atoms with Crippen molar-refractivity contribution >= 4 is 5.97 Å². The lowest BCUT2D eigenvalue weighted by molar-refractivity contribution is 0.0696. The number of aryl methyl sites for hydroxylation is 3. The van der Waals surface area contributed by atoms with E-state index in [2.05, 4.69) is 24.0 Å². The van der Waals surface area contributed by atoms with E-state index in [0.717, 1.165) is 16.7 Å². The van der Waals surface area contributed by atoms with Gasteiger partial charge in [-0.25, -0.2) is 4.79 Å². The molecular formula is C15H15NO2. The van der Waals surface area contributed by atoms with Crippen LogP contribution in [0.4, 0.5) is 0 Å². The van der Waals surface area contributed by atoms with Gasteiger partial charge >= 0.3 is 5.97 Å². The molecule has 0 radical (unpaired) electrons. The Labute approximate surface area is 106 Å². The maximum Gasteiger partial charge on any atom is 0.337 e. The Kier molecular flexibility index (Phi) is 3.15. The number of benzene rings is 1. The number of hydrogen-bond acceptors (Lipinski definition) is 2. The zero-order chi connectivity index (χ0) is 13.3. The molecule has 1 aromatic heterocycles. The van der Waals surface area contributed by atoms with Crippen LogP contribution in [0.1, 0.15) is 27.0 Å². The summed E-state index contributed by atoms with van der Waals surface area (Å²) in [6.45, 7) is 6.14. The molecule has 0 amide bonds. The number of aromatic nitrogens is 1. The lowest BCUT2D eigenvalue weighted by atomic mass is 9.96. The third kappa shape index (κ3) is 2.25. The summed E-state index contributed by atoms with van der Waals surface area (Å²) in [6.07, 6.45) is 3.06. The molecule has 1 N–H and O–H groups in total. The first kappa shape index (κ1) is 12.3. The monoisotopic (exact) mass is 241 g/mol. The smallest absolute Gasteiger partial charge is 0.337 e. The number of aromatic carboxylic acids is 1. The van der Waals surface area contributed by atoms with E-state index in [1.807, 2.05) is 13.8 Å². The minimum atomic E-state index is -0.953. The van der Waals surface area contributed by atoms with E-state index in [1.54, 1.807) is 12.3 Å². The number of pyridine rings is 1. The number of rotatable bonds is 2. The van der Waals surface area contributed by atoms with Crippen molar-refractivity contribution in [1.29, 1.82) is 0 Å². The molecule has 2 aromatic rings. The van der Waals surface area contributed by atoms with E-state index in [4.69, 9.17) is 5.11 Å². The van der Waals surface area contributed by atoms with Crippen LogP contribution in [-0.4, -0.2) is 16.1 Å². The molecule has 0 unspecified atom stereocenters. The first-order valence-electron chi connectivity index (χ1n) is 5.75. The highest BCUT2D eigenvalue weighted by molar-refractivity contribution is 5.89. The fourth-order valence-corrected chi connectivity index (χ4v) is 1.98. The average molecular weight is 241 g/mol. The molecule has 0 saturated heterocycles. The average Bonchev–Trinajstić information content (AvgIpc) is 2.34. The van der Waals surface area contributed by atoms with Gasteiger partial charge in [-0.2, -0.15) is 0 Å². The molecule has 1 heterocycles. The molecule has 0 bridgehead atoms. The van der Waals surface area contributed by atoms with Gasteiger partial charge in [0.1, 0.15) is 0 Å². The predicted octanol–water partition coefficient (Wildman–Crippen LogP) is 3.37. The third-order valence-electron chi connectivity index (χ3n) is 3.14. The van der Waals surface area contributed by atoms with Gasteiger partial charge < -0.3 is 5.11 Å². The van der Waals surface area contributed by atoms with Crippen molar-refractivity contribution in [3.63, 3.8) is 0 Å². The Morgan fingerprint density at radius 2 is 1.67 bits per heavy atom. The van der Waals surface area contributed by atoms with Gasteiger partial charge in [0.2, 0.25) is 0 Å². The lowest BCUT2D eigenvalue weighted by Gasteiger charge is -2.10. The molecule has 2 rings (SSSR count). The summed E-state index contributed by atoms with van der Waals surface area (Å²) >= 11 is 0. The molecule has 0 saturated carbocycles. The maximum absolute atomic E-state index is 11.0. The first-order valence-corrected chi connectivity index (χ1v) is 5.75. The van der Waals surface area contributed by atoms with Gasteiger partial charge in [0.15, 0.2) is 0 Å². The highest BCUT2D eigenvalue weighted by Crippen LogP contribution is 2.26. The Bertz CT molecular complexity index is 618. The quantitative estimate of drug-likeness (QED) is 0.876. The topological polar surface area (TPSA) is 50.2 Å². The third-order valence-corrected chi connectivity index (χ3v) is 3.14. The van der Waals surface area contributed by atoms with Gasteiger partial charge in [0.25, 0.3) is 0 Å². The van der Waals surface area contributed by atoms with Crippen molar-refractivity contribution < 1.29 is 9.90 Å². The molecule has 0 aliphatic rings. The summed E-state index contributed by atoms with van der Waals surface area (Å²) in [6, 6.07) is 5.85. The predicted molar refractivity (Wildman–Crippen MR) is 70.8 cm³/mol. The zero-order valence-electron chi connectivity index (χ0n) is 10.7. The second-order valence-electron chi connectivity index (χ2n) is 4.52. The van der Waals surface area contributed by atoms with Gasteiger partial charge in [0.05, 0.1) is 5.56 Å². The molecule has 0 fully saturated rings. The Morgan fingerprint density at radius 1 is 1.00 bits per heavy atom. The summed E-state index contributed by atoms with van der Waals surface area (Å²) in [5, 5.41) is 8.98. The van der Waals surface area contributed by atoms with Crippen LogP contribution in [0.2, 0.25) is 0 Å².